The van der Waals surface area contributed by atoms with Crippen molar-refractivity contribution in [2.45, 2.75) is 265 Å². The fraction of sp³-hybridized carbons (Fsp3) is 0.667. The molecule has 0 aliphatic carbocycles. The van der Waals surface area contributed by atoms with Crippen molar-refractivity contribution in [3.63, 3.8) is 0 Å². The van der Waals surface area contributed by atoms with Crippen LogP contribution in [0.5, 0.6) is 0 Å². The molecule has 720 valence electrons. The molecule has 30 aliphatic rings. The fourth-order valence-corrected chi connectivity index (χ4v) is 18.0. The Morgan fingerprint density at radius 3 is 0.516 bits per heavy atom. The summed E-state index contributed by atoms with van der Waals surface area (Å²) < 4.78 is 223. The van der Waals surface area contributed by atoms with Crippen molar-refractivity contribution in [1.29, 1.82) is 0 Å². The molecule has 0 unspecified atom stereocenters. The van der Waals surface area contributed by atoms with Gasteiger partial charge in [-0.25, -0.2) is 9.78 Å². The number of rotatable bonds is 20. The van der Waals surface area contributed by atoms with Gasteiger partial charge in [0, 0.05) is 0 Å². The van der Waals surface area contributed by atoms with Crippen LogP contribution in [-0.4, -0.2) is 454 Å². The summed E-state index contributed by atoms with van der Waals surface area (Å²) in [6.07, 6.45) is -90.6. The molecule has 30 aliphatic heterocycles. The largest absolute Gasteiger partial charge is 0.394 e. The molecule has 4 aromatic rings. The number of hydrogen-bond donors (Lipinski definition) is 24. The van der Waals surface area contributed by atoms with Gasteiger partial charge in [-0.15, -0.1) is 8.67 Å². The lowest BCUT2D eigenvalue weighted by molar-refractivity contribution is -0.406. The predicted octanol–water partition coefficient (Wildman–Crippen LogP) is -12.9. The number of hydrogen-bond acceptors (Lipinski definition) is 50. The van der Waals surface area contributed by atoms with E-state index in [1.165, 1.54) is 48.5 Å². The van der Waals surface area contributed by atoms with E-state index in [2.05, 4.69) is 0 Å². The number of aliphatic hydroxyl groups excluding tert-OH is 22. The molecule has 30 saturated heterocycles. The van der Waals surface area contributed by atoms with Gasteiger partial charge >= 0.3 is 20.2 Å². The Kier molecular flexibility index (Phi) is 32.6. The minimum Gasteiger partial charge on any atom is -0.394 e. The predicted molar refractivity (Wildman–Crippen MR) is 399 cm³/mol. The first-order valence-corrected chi connectivity index (χ1v) is 44.7. The van der Waals surface area contributed by atoms with Crippen LogP contribution in [0.2, 0.25) is 0 Å². The second-order valence-electron chi connectivity index (χ2n) is 30.8. The first-order chi connectivity index (χ1) is 60.5. The molecule has 34 rings (SSSR count). The summed E-state index contributed by atoms with van der Waals surface area (Å²) in [5.41, 5.74) is 1.31. The van der Waals surface area contributed by atoms with Crippen LogP contribution in [0.25, 0.3) is 22.3 Å². The van der Waals surface area contributed by atoms with Crippen LogP contribution in [0.1, 0.15) is 0 Å². The molecule has 52 nitrogen and oxygen atoms in total. The van der Waals surface area contributed by atoms with E-state index in [1.54, 1.807) is 0 Å². The molecule has 4 aromatic carbocycles. The molecule has 0 radical (unpaired) electrons. The normalized spacial score (nSPS) is 42.2. The Balaban J connectivity index is 0.770. The molecule has 128 heavy (non-hydrogen) atoms. The smallest absolute Gasteiger partial charge is 0.323 e. The third kappa shape index (κ3) is 21.4. The standard InChI is InChI=1S/C72H96O52S4/c73-17-33-57-42(80)50(88)66(108-33)118-60-36(20-76)112-70(54(92)46(60)84)122-64-40(24-106-124-128(103,104)32-15-7-28(8-16-32)26-3-11-30(12-4-26)126(98,99)100)114-72(56(94)48(64)86)120-62-38(22-78)110-68(52(90)44(62)82)116-58-34(18-74)107-65(49(87)41(58)79)117-59-35(19-75)111-69(53(91)45(59)83)121-63-39(113-71(55(93)47(63)85)119-61-37(21-77)109-67(115-57)51(89)43(61)81)23-105-123-127(101,102)31-13-5-27(6-14-31)25-1-9-29(10-2-25)125(95,96)97/h1-16,33-94H,17-24H2,(H,95,96,97)(H,98,99,100)/t33-,34-,35-,36-,37-,38-,39-,40-,41-,42-,43-,44-,45-,46-,47-,48-,49-,50-,51-,52-,53-,54-,55-,56-,57-,58-,59-,60-,61-,62-,63-,64-,65-,66-,67-,68-,69-,70-,71-,72-/m1/s1. The van der Waals surface area contributed by atoms with E-state index in [4.69, 9.17) is 94.2 Å². The summed E-state index contributed by atoms with van der Waals surface area (Å²) in [5.74, 6) is 0. The maximum absolute atomic E-state index is 13.7. The summed E-state index contributed by atoms with van der Waals surface area (Å²) in [6.45, 7) is -9.90. The average molecular weight is 1920 g/mol. The van der Waals surface area contributed by atoms with Crippen molar-refractivity contribution < 1.29 is 249 Å². The SMILES string of the molecule is O=S(=O)(O)c1ccc(-c2ccc(S(=O)(=O)OOC[C@H]3O[C@@H]4O[C@H]5[C@H](O)[C@@H](O)[C@@H](O[C@H]6[C@H](O)[C@@H](O)[C@@H](O[C@H]7[C@H](O)[C@@H](O)[C@@H](O[C@H]8[C@H](O)[C@@H](O)[C@@H](O[C@H]9[C@H](O)[C@@H](O)[C@@H](O[C@H]%10[C@H](O)[C@@H](O)[C@@H](O[C@H]%11[C@H](O)[C@@H](O)[C@@H](O[C@H]3[C@H](O)[C@H]4O)O[C@@H]%11CO)O[C@@H]%10CO)O[C@@H]9CO)O[C@@H]8COOS(=O)(=O)c3ccc(-c4ccc(S(=O)(=O)O)cc4)cc3)O[C@@H]7CO)O[C@@H]6CO)O[C@@H]5CO)cc2)cc1. The first kappa shape index (κ1) is 100. The Hall–Kier alpha value is -5.08. The Labute approximate surface area is 724 Å². The number of aliphatic hydroxyl groups is 22. The molecule has 40 atom stereocenters. The molecule has 0 spiro atoms. The van der Waals surface area contributed by atoms with Gasteiger partial charge in [-0.05, 0) is 70.8 Å². The minimum atomic E-state index is -5.03. The van der Waals surface area contributed by atoms with E-state index in [9.17, 15) is 155 Å². The topological polar surface area (TPSA) is 807 Å². The maximum atomic E-state index is 13.7. The molecule has 56 heteroatoms. The highest BCUT2D eigenvalue weighted by molar-refractivity contribution is 7.87. The molecule has 30 fully saturated rings. The van der Waals surface area contributed by atoms with Crippen molar-refractivity contribution in [1.82, 2.24) is 0 Å². The second kappa shape index (κ2) is 41.6. The highest BCUT2D eigenvalue weighted by Gasteiger charge is 2.61. The molecular weight excluding hydrogens is 1830 g/mol. The minimum absolute atomic E-state index is 0.312. The fourth-order valence-electron chi connectivity index (χ4n) is 15.5. The van der Waals surface area contributed by atoms with Crippen LogP contribution >= 0.6 is 0 Å². The van der Waals surface area contributed by atoms with Crippen molar-refractivity contribution in [3.8, 4) is 22.3 Å². The quantitative estimate of drug-likeness (QED) is 0.0222. The van der Waals surface area contributed by atoms with Crippen LogP contribution in [0.15, 0.2) is 117 Å². The Morgan fingerprint density at radius 2 is 0.359 bits per heavy atom. The van der Waals surface area contributed by atoms with Gasteiger partial charge in [-0.2, -0.15) is 33.7 Å². The van der Waals surface area contributed by atoms with Crippen LogP contribution in [0.3, 0.4) is 0 Å². The van der Waals surface area contributed by atoms with Crippen molar-refractivity contribution in [2.75, 3.05) is 52.9 Å². The number of ether oxygens (including phenoxy) is 16. The van der Waals surface area contributed by atoms with Gasteiger partial charge in [0.15, 0.2) is 50.3 Å². The van der Waals surface area contributed by atoms with Gasteiger partial charge in [0.05, 0.1) is 59.2 Å². The molecular formula is C72H96O52S4. The molecule has 0 saturated carbocycles. The monoisotopic (exact) mass is 1920 g/mol. The summed E-state index contributed by atoms with van der Waals surface area (Å²) in [6, 6.07) is 18.5. The lowest BCUT2D eigenvalue weighted by atomic mass is 9.94. The van der Waals surface area contributed by atoms with Crippen molar-refractivity contribution in [2.24, 2.45) is 0 Å². The van der Waals surface area contributed by atoms with E-state index >= 15 is 0 Å². The number of benzene rings is 4. The lowest BCUT2D eigenvalue weighted by Gasteiger charge is -2.50. The molecule has 0 amide bonds. The third-order valence-electron chi connectivity index (χ3n) is 22.5. The van der Waals surface area contributed by atoms with Crippen LogP contribution < -0.4 is 0 Å². The van der Waals surface area contributed by atoms with Gasteiger partial charge in [-0.1, -0.05) is 48.5 Å². The zero-order valence-corrected chi connectivity index (χ0v) is 69.1. The zero-order chi connectivity index (χ0) is 92.8. The summed E-state index contributed by atoms with van der Waals surface area (Å²) in [4.78, 5) is 8.18. The highest BCUT2D eigenvalue weighted by atomic mass is 32.2. The van der Waals surface area contributed by atoms with Crippen molar-refractivity contribution in [3.05, 3.63) is 97.1 Å². The van der Waals surface area contributed by atoms with E-state index in [0.29, 0.717) is 22.3 Å². The van der Waals surface area contributed by atoms with E-state index in [1.807, 2.05) is 0 Å². The average Bonchev–Trinajstić information content (AvgIpc) is 0.769. The Bertz CT molecular complexity index is 4440. The van der Waals surface area contributed by atoms with Crippen molar-refractivity contribution >= 4 is 40.5 Å². The van der Waals surface area contributed by atoms with Crippen LogP contribution in [0.4, 0.5) is 0 Å². The van der Waals surface area contributed by atoms with Gasteiger partial charge in [0.2, 0.25) is 0 Å². The van der Waals surface area contributed by atoms with E-state index in [-0.39, 0.29) is 0 Å². The van der Waals surface area contributed by atoms with Gasteiger partial charge in [0.25, 0.3) is 20.2 Å². The molecule has 30 heterocycles. The van der Waals surface area contributed by atoms with E-state index < -0.39 is 359 Å². The Morgan fingerprint density at radius 1 is 0.211 bits per heavy atom. The molecule has 0 aromatic heterocycles. The lowest BCUT2D eigenvalue weighted by Crippen LogP contribution is -2.69. The second-order valence-corrected chi connectivity index (χ2v) is 36.6. The summed E-state index contributed by atoms with van der Waals surface area (Å²) in [5, 5.41) is 253. The maximum Gasteiger partial charge on any atom is 0.323 e. The van der Waals surface area contributed by atoms with E-state index in [0.717, 1.165) is 48.5 Å². The molecule has 16 bridgehead atoms. The highest BCUT2D eigenvalue weighted by Crippen LogP contribution is 2.42. The summed E-state index contributed by atoms with van der Waals surface area (Å²) in [7, 11) is -19.2. The van der Waals surface area contributed by atoms with Gasteiger partial charge in [-0.3, -0.25) is 9.11 Å². The zero-order valence-electron chi connectivity index (χ0n) is 65.8. The third-order valence-corrected chi connectivity index (χ3v) is 26.5. The van der Waals surface area contributed by atoms with Crippen LogP contribution in [0, 0.1) is 0 Å². The molecule has 24 N–H and O–H groups in total. The summed E-state index contributed by atoms with van der Waals surface area (Å²) >= 11 is 0. The van der Waals surface area contributed by atoms with Gasteiger partial charge in [0.1, 0.15) is 209 Å². The van der Waals surface area contributed by atoms with Gasteiger partial charge < -0.3 is 188 Å². The first-order valence-electron chi connectivity index (χ1n) is 39.0. The van der Waals surface area contributed by atoms with Crippen LogP contribution in [-0.2, 0) is 135 Å².